The van der Waals surface area contributed by atoms with Crippen LogP contribution in [0.1, 0.15) is 27.2 Å². The number of esters is 1. The van der Waals surface area contributed by atoms with E-state index in [1.165, 1.54) is 0 Å². The molecule has 0 saturated carbocycles. The zero-order chi connectivity index (χ0) is 21.4. The van der Waals surface area contributed by atoms with Crippen molar-refractivity contribution in [2.24, 2.45) is 0 Å². The van der Waals surface area contributed by atoms with Crippen molar-refractivity contribution in [1.82, 2.24) is 10.2 Å². The molecule has 0 spiro atoms. The number of hydrogen-bond acceptors (Lipinski definition) is 6. The SMILES string of the molecule is CC(C)(C)OC(=O)NCCC(=O)OCC(=O)N1CCN(c2cccc(Cl)c2)CC1. The van der Waals surface area contributed by atoms with Crippen LogP contribution < -0.4 is 10.2 Å². The molecular formula is C20H28ClN3O5. The Kier molecular flexibility index (Phi) is 8.13. The fraction of sp³-hybridized carbons (Fsp3) is 0.550. The van der Waals surface area contributed by atoms with Gasteiger partial charge < -0.3 is 24.6 Å². The lowest BCUT2D eigenvalue weighted by atomic mass is 10.2. The molecule has 2 rings (SSSR count). The molecule has 1 fully saturated rings. The molecule has 1 aliphatic heterocycles. The first-order valence-corrected chi connectivity index (χ1v) is 9.92. The monoisotopic (exact) mass is 425 g/mol. The average molecular weight is 426 g/mol. The van der Waals surface area contributed by atoms with Gasteiger partial charge in [0.2, 0.25) is 0 Å². The average Bonchev–Trinajstić information content (AvgIpc) is 2.65. The number of nitrogens with one attached hydrogen (secondary N) is 1. The molecule has 1 saturated heterocycles. The highest BCUT2D eigenvalue weighted by Gasteiger charge is 2.22. The molecule has 0 bridgehead atoms. The molecule has 0 aliphatic carbocycles. The number of rotatable bonds is 6. The van der Waals surface area contributed by atoms with E-state index in [1.54, 1.807) is 25.7 Å². The van der Waals surface area contributed by atoms with Crippen molar-refractivity contribution in [2.75, 3.05) is 44.2 Å². The molecule has 29 heavy (non-hydrogen) atoms. The number of benzene rings is 1. The van der Waals surface area contributed by atoms with Gasteiger partial charge >= 0.3 is 12.1 Å². The molecule has 160 valence electrons. The Bertz CT molecular complexity index is 727. The van der Waals surface area contributed by atoms with Crippen molar-refractivity contribution in [1.29, 1.82) is 0 Å². The van der Waals surface area contributed by atoms with Gasteiger partial charge in [0, 0.05) is 43.4 Å². The Morgan fingerprint density at radius 3 is 2.45 bits per heavy atom. The number of ether oxygens (including phenoxy) is 2. The van der Waals surface area contributed by atoms with Gasteiger partial charge in [-0.25, -0.2) is 4.79 Å². The molecule has 2 amide bonds. The Morgan fingerprint density at radius 1 is 1.14 bits per heavy atom. The Hall–Kier alpha value is -2.48. The molecule has 1 N–H and O–H groups in total. The molecule has 1 heterocycles. The van der Waals surface area contributed by atoms with Gasteiger partial charge in [0.1, 0.15) is 5.60 Å². The van der Waals surface area contributed by atoms with E-state index in [-0.39, 0.29) is 25.5 Å². The molecule has 0 atom stereocenters. The summed E-state index contributed by atoms with van der Waals surface area (Å²) in [6.07, 6.45) is -0.631. The lowest BCUT2D eigenvalue weighted by molar-refractivity contribution is -0.152. The Morgan fingerprint density at radius 2 is 1.83 bits per heavy atom. The largest absolute Gasteiger partial charge is 0.456 e. The highest BCUT2D eigenvalue weighted by Crippen LogP contribution is 2.20. The van der Waals surface area contributed by atoms with E-state index in [1.807, 2.05) is 24.3 Å². The third kappa shape index (κ3) is 8.19. The maximum atomic E-state index is 12.3. The second kappa shape index (κ2) is 10.3. The summed E-state index contributed by atoms with van der Waals surface area (Å²) in [5, 5.41) is 3.15. The highest BCUT2D eigenvalue weighted by molar-refractivity contribution is 6.30. The first-order chi connectivity index (χ1) is 13.6. The normalized spacial score (nSPS) is 14.3. The summed E-state index contributed by atoms with van der Waals surface area (Å²) in [6.45, 7) is 7.48. The minimum Gasteiger partial charge on any atom is -0.456 e. The van der Waals surface area contributed by atoms with Gasteiger partial charge in [-0.05, 0) is 39.0 Å². The lowest BCUT2D eigenvalue weighted by Gasteiger charge is -2.36. The molecule has 0 aromatic heterocycles. The van der Waals surface area contributed by atoms with Gasteiger partial charge in [-0.2, -0.15) is 0 Å². The summed E-state index contributed by atoms with van der Waals surface area (Å²) < 4.78 is 10.1. The number of nitrogens with zero attached hydrogens (tertiary/aromatic N) is 2. The summed E-state index contributed by atoms with van der Waals surface area (Å²) in [7, 11) is 0. The molecule has 8 nitrogen and oxygen atoms in total. The number of carbonyl (C=O) groups is 3. The number of amides is 2. The van der Waals surface area contributed by atoms with E-state index in [0.29, 0.717) is 31.2 Å². The van der Waals surface area contributed by atoms with Crippen molar-refractivity contribution >= 4 is 35.3 Å². The van der Waals surface area contributed by atoms with Crippen LogP contribution in [0.3, 0.4) is 0 Å². The topological polar surface area (TPSA) is 88.2 Å². The molecule has 1 aromatic rings. The van der Waals surface area contributed by atoms with Gasteiger partial charge in [0.05, 0.1) is 6.42 Å². The number of hydrogen-bond donors (Lipinski definition) is 1. The fourth-order valence-electron chi connectivity index (χ4n) is 2.77. The van der Waals surface area contributed by atoms with Crippen molar-refractivity contribution < 1.29 is 23.9 Å². The van der Waals surface area contributed by atoms with Crippen LogP contribution in [0, 0.1) is 0 Å². The van der Waals surface area contributed by atoms with Gasteiger partial charge in [-0.15, -0.1) is 0 Å². The van der Waals surface area contributed by atoms with E-state index < -0.39 is 17.7 Å². The van der Waals surface area contributed by atoms with E-state index in [4.69, 9.17) is 21.1 Å². The number of alkyl carbamates (subject to hydrolysis) is 1. The van der Waals surface area contributed by atoms with Gasteiger partial charge in [-0.3, -0.25) is 9.59 Å². The quantitative estimate of drug-likeness (QED) is 0.704. The standard InChI is InChI=1S/C20H28ClN3O5/c1-20(2,3)29-19(27)22-8-7-18(26)28-14-17(25)24-11-9-23(10-12-24)16-6-4-5-15(21)13-16/h4-6,13H,7-12,14H2,1-3H3,(H,22,27). The second-order valence-electron chi connectivity index (χ2n) is 7.69. The van der Waals surface area contributed by atoms with Crippen LogP contribution in [0.4, 0.5) is 10.5 Å². The molecule has 0 unspecified atom stereocenters. The third-order valence-corrected chi connectivity index (χ3v) is 4.39. The molecule has 9 heteroatoms. The summed E-state index contributed by atoms with van der Waals surface area (Å²) in [6, 6.07) is 7.59. The number of anilines is 1. The minimum atomic E-state index is -0.603. The van der Waals surface area contributed by atoms with Crippen LogP contribution in [0.15, 0.2) is 24.3 Å². The van der Waals surface area contributed by atoms with Crippen molar-refractivity contribution in [3.05, 3.63) is 29.3 Å². The number of piperazine rings is 1. The van der Waals surface area contributed by atoms with Crippen LogP contribution in [0.2, 0.25) is 5.02 Å². The predicted octanol–water partition coefficient (Wildman–Crippen LogP) is 2.45. The molecule has 0 radical (unpaired) electrons. The number of halogens is 1. The first-order valence-electron chi connectivity index (χ1n) is 9.55. The van der Waals surface area contributed by atoms with Crippen LogP contribution in [-0.4, -0.2) is 67.8 Å². The molecular weight excluding hydrogens is 398 g/mol. The van der Waals surface area contributed by atoms with Crippen LogP contribution in [0.25, 0.3) is 0 Å². The molecule has 1 aliphatic rings. The Labute approximate surface area is 176 Å². The zero-order valence-electron chi connectivity index (χ0n) is 17.1. The summed E-state index contributed by atoms with van der Waals surface area (Å²) in [5.74, 6) is -0.781. The maximum Gasteiger partial charge on any atom is 0.407 e. The fourth-order valence-corrected chi connectivity index (χ4v) is 2.96. The predicted molar refractivity (Wildman–Crippen MR) is 110 cm³/mol. The molecule has 1 aromatic carbocycles. The zero-order valence-corrected chi connectivity index (χ0v) is 17.8. The Balaban J connectivity index is 1.64. The maximum absolute atomic E-state index is 12.3. The highest BCUT2D eigenvalue weighted by atomic mass is 35.5. The smallest absolute Gasteiger partial charge is 0.407 e. The van der Waals surface area contributed by atoms with Crippen molar-refractivity contribution in [3.8, 4) is 0 Å². The van der Waals surface area contributed by atoms with Crippen molar-refractivity contribution in [3.63, 3.8) is 0 Å². The van der Waals surface area contributed by atoms with Gasteiger partial charge in [-0.1, -0.05) is 17.7 Å². The lowest BCUT2D eigenvalue weighted by Crippen LogP contribution is -2.50. The van der Waals surface area contributed by atoms with E-state index in [0.717, 1.165) is 5.69 Å². The van der Waals surface area contributed by atoms with E-state index in [2.05, 4.69) is 10.2 Å². The van der Waals surface area contributed by atoms with Gasteiger partial charge in [0.15, 0.2) is 6.61 Å². The summed E-state index contributed by atoms with van der Waals surface area (Å²) >= 11 is 6.03. The van der Waals surface area contributed by atoms with Crippen molar-refractivity contribution in [2.45, 2.75) is 32.8 Å². The van der Waals surface area contributed by atoms with Crippen LogP contribution in [0.5, 0.6) is 0 Å². The van der Waals surface area contributed by atoms with Gasteiger partial charge in [0.25, 0.3) is 5.91 Å². The van der Waals surface area contributed by atoms with E-state index >= 15 is 0 Å². The van der Waals surface area contributed by atoms with Crippen LogP contribution in [-0.2, 0) is 19.1 Å². The third-order valence-electron chi connectivity index (χ3n) is 4.16. The van der Waals surface area contributed by atoms with E-state index in [9.17, 15) is 14.4 Å². The first kappa shape index (κ1) is 22.8. The summed E-state index contributed by atoms with van der Waals surface area (Å²) in [4.78, 5) is 39.4. The van der Waals surface area contributed by atoms with Crippen LogP contribution >= 0.6 is 11.6 Å². The number of carbonyl (C=O) groups excluding carboxylic acids is 3. The minimum absolute atomic E-state index is 0.0327. The second-order valence-corrected chi connectivity index (χ2v) is 8.12. The summed E-state index contributed by atoms with van der Waals surface area (Å²) in [5.41, 5.74) is 0.418.